The Bertz CT molecular complexity index is 446. The lowest BCUT2D eigenvalue weighted by atomic mass is 10.1. The zero-order valence-corrected chi connectivity index (χ0v) is 9.65. The quantitative estimate of drug-likeness (QED) is 0.863. The monoisotopic (exact) mass is 236 g/mol. The predicted octanol–water partition coefficient (Wildman–Crippen LogP) is 1.18. The summed E-state index contributed by atoms with van der Waals surface area (Å²) in [6, 6.07) is 1.60. The van der Waals surface area contributed by atoms with E-state index in [0.29, 0.717) is 5.88 Å². The van der Waals surface area contributed by atoms with E-state index < -0.39 is 0 Å². The van der Waals surface area contributed by atoms with E-state index in [1.165, 1.54) is 6.33 Å². The van der Waals surface area contributed by atoms with Gasteiger partial charge < -0.3 is 10.5 Å². The molecule has 2 rings (SSSR count). The molecule has 0 aromatic carbocycles. The normalized spacial score (nSPS) is 12.4. The SMILES string of the molecule is COc1cc(C(N)Cc2cncs2)ncn1. The Labute approximate surface area is 97.3 Å². The summed E-state index contributed by atoms with van der Waals surface area (Å²) in [5.41, 5.74) is 8.62. The summed E-state index contributed by atoms with van der Waals surface area (Å²) in [7, 11) is 1.57. The van der Waals surface area contributed by atoms with Crippen molar-refractivity contribution in [3.63, 3.8) is 0 Å². The minimum absolute atomic E-state index is 0.155. The van der Waals surface area contributed by atoms with E-state index in [-0.39, 0.29) is 6.04 Å². The number of thiazole rings is 1. The molecule has 0 radical (unpaired) electrons. The molecule has 0 saturated heterocycles. The van der Waals surface area contributed by atoms with Crippen LogP contribution in [0.3, 0.4) is 0 Å². The first-order valence-corrected chi connectivity index (χ1v) is 5.66. The van der Waals surface area contributed by atoms with Crippen molar-refractivity contribution >= 4 is 11.3 Å². The molecule has 2 N–H and O–H groups in total. The fraction of sp³-hybridized carbons (Fsp3) is 0.300. The van der Waals surface area contributed by atoms with Crippen LogP contribution in [0.25, 0.3) is 0 Å². The number of ether oxygens (including phenoxy) is 1. The van der Waals surface area contributed by atoms with Crippen molar-refractivity contribution in [1.82, 2.24) is 15.0 Å². The molecular formula is C10H12N4OS. The first-order valence-electron chi connectivity index (χ1n) is 4.78. The molecule has 0 aliphatic heterocycles. The van der Waals surface area contributed by atoms with E-state index in [4.69, 9.17) is 10.5 Å². The van der Waals surface area contributed by atoms with Gasteiger partial charge in [-0.25, -0.2) is 9.97 Å². The summed E-state index contributed by atoms with van der Waals surface area (Å²) in [5.74, 6) is 0.532. The van der Waals surface area contributed by atoms with Crippen LogP contribution < -0.4 is 10.5 Å². The highest BCUT2D eigenvalue weighted by molar-refractivity contribution is 7.09. The van der Waals surface area contributed by atoms with E-state index in [0.717, 1.165) is 17.0 Å². The van der Waals surface area contributed by atoms with Crippen LogP contribution in [0, 0.1) is 0 Å². The Morgan fingerprint density at radius 3 is 3.06 bits per heavy atom. The van der Waals surface area contributed by atoms with E-state index in [9.17, 15) is 0 Å². The van der Waals surface area contributed by atoms with Crippen molar-refractivity contribution < 1.29 is 4.74 Å². The maximum Gasteiger partial charge on any atom is 0.216 e. The van der Waals surface area contributed by atoms with Gasteiger partial charge in [-0.3, -0.25) is 4.98 Å². The number of hydrogen-bond acceptors (Lipinski definition) is 6. The molecule has 16 heavy (non-hydrogen) atoms. The predicted molar refractivity (Wildman–Crippen MR) is 61.3 cm³/mol. The highest BCUT2D eigenvalue weighted by Gasteiger charge is 2.10. The number of methoxy groups -OCH3 is 1. The van der Waals surface area contributed by atoms with Crippen LogP contribution in [-0.4, -0.2) is 22.1 Å². The molecule has 2 aromatic rings. The van der Waals surface area contributed by atoms with Gasteiger partial charge in [0.25, 0.3) is 0 Å². The van der Waals surface area contributed by atoms with Gasteiger partial charge in [0.05, 0.1) is 24.4 Å². The van der Waals surface area contributed by atoms with Crippen molar-refractivity contribution in [3.05, 3.63) is 34.7 Å². The van der Waals surface area contributed by atoms with Gasteiger partial charge in [0, 0.05) is 23.6 Å². The Morgan fingerprint density at radius 1 is 1.50 bits per heavy atom. The zero-order valence-electron chi connectivity index (χ0n) is 8.83. The Balaban J connectivity index is 2.11. The fourth-order valence-electron chi connectivity index (χ4n) is 1.33. The van der Waals surface area contributed by atoms with Crippen LogP contribution >= 0.6 is 11.3 Å². The van der Waals surface area contributed by atoms with E-state index >= 15 is 0 Å². The molecule has 0 fully saturated rings. The number of rotatable bonds is 4. The molecule has 84 valence electrons. The molecule has 0 bridgehead atoms. The molecule has 1 atom stereocenters. The van der Waals surface area contributed by atoms with Gasteiger partial charge >= 0.3 is 0 Å². The average molecular weight is 236 g/mol. The number of nitrogens with two attached hydrogens (primary N) is 1. The lowest BCUT2D eigenvalue weighted by molar-refractivity contribution is 0.395. The highest BCUT2D eigenvalue weighted by atomic mass is 32.1. The second kappa shape index (κ2) is 5.00. The molecule has 2 heterocycles. The molecule has 1 unspecified atom stereocenters. The average Bonchev–Trinajstić information content (AvgIpc) is 2.82. The Hall–Kier alpha value is -1.53. The highest BCUT2D eigenvalue weighted by Crippen LogP contribution is 2.18. The van der Waals surface area contributed by atoms with Crippen LogP contribution in [0.5, 0.6) is 5.88 Å². The molecule has 6 heteroatoms. The van der Waals surface area contributed by atoms with Crippen molar-refractivity contribution in [1.29, 1.82) is 0 Å². The van der Waals surface area contributed by atoms with Crippen molar-refractivity contribution in [3.8, 4) is 5.88 Å². The lowest BCUT2D eigenvalue weighted by Gasteiger charge is -2.09. The third kappa shape index (κ3) is 2.53. The third-order valence-corrected chi connectivity index (χ3v) is 2.96. The molecular weight excluding hydrogens is 224 g/mol. The standard InChI is InChI=1S/C10H12N4OS/c1-15-10-3-9(13-5-14-10)8(11)2-7-4-12-6-16-7/h3-6,8H,2,11H2,1H3. The van der Waals surface area contributed by atoms with Crippen molar-refractivity contribution in [2.75, 3.05) is 7.11 Å². The van der Waals surface area contributed by atoms with E-state index in [2.05, 4.69) is 15.0 Å². The lowest BCUT2D eigenvalue weighted by Crippen LogP contribution is -2.14. The van der Waals surface area contributed by atoms with Crippen LogP contribution in [0.4, 0.5) is 0 Å². The molecule has 2 aromatic heterocycles. The molecule has 0 aliphatic carbocycles. The topological polar surface area (TPSA) is 73.9 Å². The smallest absolute Gasteiger partial charge is 0.216 e. The summed E-state index contributed by atoms with van der Waals surface area (Å²) < 4.78 is 5.02. The van der Waals surface area contributed by atoms with E-state index in [1.807, 2.05) is 6.20 Å². The van der Waals surface area contributed by atoms with E-state index in [1.54, 1.807) is 30.0 Å². The van der Waals surface area contributed by atoms with Gasteiger partial charge in [0.1, 0.15) is 6.33 Å². The minimum Gasteiger partial charge on any atom is -0.481 e. The summed E-state index contributed by atoms with van der Waals surface area (Å²) in [6.07, 6.45) is 4.01. The summed E-state index contributed by atoms with van der Waals surface area (Å²) in [5, 5.41) is 0. The Kier molecular flexibility index (Phi) is 3.43. The number of aromatic nitrogens is 3. The minimum atomic E-state index is -0.155. The van der Waals surface area contributed by atoms with Crippen molar-refractivity contribution in [2.24, 2.45) is 5.73 Å². The summed E-state index contributed by atoms with van der Waals surface area (Å²) in [6.45, 7) is 0. The van der Waals surface area contributed by atoms with Gasteiger partial charge in [-0.05, 0) is 0 Å². The van der Waals surface area contributed by atoms with Gasteiger partial charge in [0.15, 0.2) is 0 Å². The molecule has 0 amide bonds. The second-order valence-corrected chi connectivity index (χ2v) is 4.23. The second-order valence-electron chi connectivity index (χ2n) is 3.26. The van der Waals surface area contributed by atoms with Gasteiger partial charge in [-0.2, -0.15) is 0 Å². The van der Waals surface area contributed by atoms with Gasteiger partial charge in [-0.1, -0.05) is 0 Å². The molecule has 5 nitrogen and oxygen atoms in total. The third-order valence-electron chi connectivity index (χ3n) is 2.16. The van der Waals surface area contributed by atoms with Crippen molar-refractivity contribution in [2.45, 2.75) is 12.5 Å². The Morgan fingerprint density at radius 2 is 2.38 bits per heavy atom. The first kappa shape index (κ1) is 11.0. The van der Waals surface area contributed by atoms with Crippen LogP contribution in [0.15, 0.2) is 24.1 Å². The summed E-state index contributed by atoms with van der Waals surface area (Å²) >= 11 is 1.59. The fourth-order valence-corrected chi connectivity index (χ4v) is 1.99. The van der Waals surface area contributed by atoms with Crippen LogP contribution in [0.1, 0.15) is 16.6 Å². The molecule has 0 aliphatic rings. The maximum absolute atomic E-state index is 6.04. The number of nitrogens with zero attached hydrogens (tertiary/aromatic N) is 3. The number of hydrogen-bond donors (Lipinski definition) is 1. The van der Waals surface area contributed by atoms with Gasteiger partial charge in [0.2, 0.25) is 5.88 Å². The molecule has 0 saturated carbocycles. The first-order chi connectivity index (χ1) is 7.79. The van der Waals surface area contributed by atoms with Crippen LogP contribution in [0.2, 0.25) is 0 Å². The summed E-state index contributed by atoms with van der Waals surface area (Å²) in [4.78, 5) is 13.2. The zero-order chi connectivity index (χ0) is 11.4. The largest absolute Gasteiger partial charge is 0.481 e. The maximum atomic E-state index is 6.04. The van der Waals surface area contributed by atoms with Gasteiger partial charge in [-0.15, -0.1) is 11.3 Å². The van der Waals surface area contributed by atoms with Crippen LogP contribution in [-0.2, 0) is 6.42 Å². The molecule has 0 spiro atoms.